The van der Waals surface area contributed by atoms with Gasteiger partial charge < -0.3 is 0 Å². The van der Waals surface area contributed by atoms with Crippen molar-refractivity contribution in [3.8, 4) is 0 Å². The van der Waals surface area contributed by atoms with Crippen molar-refractivity contribution in [3.05, 3.63) is 29.8 Å². The molecule has 0 aliphatic heterocycles. The van der Waals surface area contributed by atoms with E-state index in [1.54, 1.807) is 0 Å². The van der Waals surface area contributed by atoms with Crippen molar-refractivity contribution < 1.29 is 8.78 Å². The van der Waals surface area contributed by atoms with E-state index < -0.39 is 11.6 Å². The van der Waals surface area contributed by atoms with Crippen molar-refractivity contribution in [3.63, 3.8) is 0 Å². The molecule has 0 saturated heterocycles. The molecule has 0 fully saturated rings. The van der Waals surface area contributed by atoms with E-state index in [0.717, 1.165) is 12.1 Å². The molecular weight excluding hydrogens is 165 g/mol. The van der Waals surface area contributed by atoms with Gasteiger partial charge in [0.25, 0.3) is 0 Å². The van der Waals surface area contributed by atoms with Crippen molar-refractivity contribution in [2.24, 2.45) is 0 Å². The van der Waals surface area contributed by atoms with Crippen LogP contribution in [0.1, 0.15) is 0 Å². The molecule has 10 heavy (non-hydrogen) atoms. The zero-order valence-electron chi connectivity index (χ0n) is 5.44. The molecule has 0 atom stereocenters. The van der Waals surface area contributed by atoms with Gasteiger partial charge in [-0.2, -0.15) is 0 Å². The molecule has 0 N–H and O–H groups in total. The van der Waals surface area contributed by atoms with Gasteiger partial charge in [0.2, 0.25) is 0 Å². The second-order valence-electron chi connectivity index (χ2n) is 1.57. The minimum absolute atomic E-state index is 0. The Morgan fingerprint density at radius 3 is 1.80 bits per heavy atom. The van der Waals surface area contributed by atoms with Crippen LogP contribution in [0, 0.1) is 11.6 Å². The molecule has 4 heteroatoms. The normalized spacial score (nSPS) is 8.70. The fourth-order valence-corrected chi connectivity index (χ4v) is 0.638. The van der Waals surface area contributed by atoms with Crippen molar-refractivity contribution in [2.45, 2.75) is 4.90 Å². The summed E-state index contributed by atoms with van der Waals surface area (Å²) in [6.07, 6.45) is 0. The maximum absolute atomic E-state index is 12.3. The molecule has 0 amide bonds. The first-order valence-electron chi connectivity index (χ1n) is 2.35. The third-order valence-electron chi connectivity index (χ3n) is 0.938. The zero-order valence-corrected chi connectivity index (χ0v) is 8.33. The van der Waals surface area contributed by atoms with Gasteiger partial charge in [-0.1, -0.05) is 6.07 Å². The van der Waals surface area contributed by atoms with Crippen LogP contribution in [0.5, 0.6) is 0 Å². The molecule has 0 unspecified atom stereocenters. The predicted octanol–water partition coefficient (Wildman–Crippen LogP) is 1.87. The summed E-state index contributed by atoms with van der Waals surface area (Å²) < 4.78 is 24.5. The maximum Gasteiger partial charge on any atom is 0.139 e. The van der Waals surface area contributed by atoms with Crippen LogP contribution in [-0.4, -0.2) is 29.6 Å². The largest absolute Gasteiger partial charge is 0.206 e. The summed E-state index contributed by atoms with van der Waals surface area (Å²) in [5.74, 6) is -1.25. The second kappa shape index (κ2) is 4.34. The SMILES string of the molecule is Fc1cccc(F)c1S.[Na]. The summed E-state index contributed by atoms with van der Waals surface area (Å²) in [5.41, 5.74) is 0. The van der Waals surface area contributed by atoms with Crippen LogP contribution >= 0.6 is 12.6 Å². The summed E-state index contributed by atoms with van der Waals surface area (Å²) in [6.45, 7) is 0. The molecule has 0 saturated carbocycles. The number of halogens is 2. The molecule has 1 rings (SSSR count). The minimum Gasteiger partial charge on any atom is -0.206 e. The Kier molecular flexibility index (Phi) is 4.52. The van der Waals surface area contributed by atoms with Gasteiger partial charge in [0.15, 0.2) is 0 Å². The first kappa shape index (κ1) is 10.4. The van der Waals surface area contributed by atoms with Crippen LogP contribution in [-0.2, 0) is 0 Å². The summed E-state index contributed by atoms with van der Waals surface area (Å²) in [7, 11) is 0. The van der Waals surface area contributed by atoms with Gasteiger partial charge in [0.05, 0.1) is 4.90 Å². The summed E-state index contributed by atoms with van der Waals surface area (Å²) in [4.78, 5) is -0.225. The fourth-order valence-electron chi connectivity index (χ4n) is 0.489. The summed E-state index contributed by atoms with van der Waals surface area (Å²) >= 11 is 3.56. The molecule has 0 spiro atoms. The Morgan fingerprint density at radius 1 is 1.10 bits per heavy atom. The van der Waals surface area contributed by atoms with Crippen LogP contribution in [0.25, 0.3) is 0 Å². The third-order valence-corrected chi connectivity index (χ3v) is 1.36. The standard InChI is InChI=1S/C6H4F2S.Na/c7-4-2-1-3-5(8)6(4)9;/h1-3,9H;. The zero-order chi connectivity index (χ0) is 6.85. The average molecular weight is 169 g/mol. The Morgan fingerprint density at radius 2 is 1.50 bits per heavy atom. The van der Waals surface area contributed by atoms with Gasteiger partial charge in [0.1, 0.15) is 11.6 Å². The van der Waals surface area contributed by atoms with Gasteiger partial charge in [-0.25, -0.2) is 8.78 Å². The van der Waals surface area contributed by atoms with Crippen molar-refractivity contribution in [1.29, 1.82) is 0 Å². The number of hydrogen-bond donors (Lipinski definition) is 1. The first-order valence-corrected chi connectivity index (χ1v) is 2.79. The van der Waals surface area contributed by atoms with Crippen LogP contribution in [0.2, 0.25) is 0 Å². The van der Waals surface area contributed by atoms with Gasteiger partial charge in [-0.15, -0.1) is 12.6 Å². The van der Waals surface area contributed by atoms with Crippen molar-refractivity contribution >= 4 is 42.2 Å². The second-order valence-corrected chi connectivity index (χ2v) is 2.02. The molecule has 0 aliphatic rings. The van der Waals surface area contributed by atoms with E-state index in [-0.39, 0.29) is 34.5 Å². The molecule has 0 aromatic heterocycles. The molecule has 1 aromatic carbocycles. The Balaban J connectivity index is 0.000000810. The Hall–Kier alpha value is 0.430. The molecule has 49 valence electrons. The van der Waals surface area contributed by atoms with E-state index in [1.807, 2.05) is 0 Å². The Bertz CT molecular complexity index is 207. The van der Waals surface area contributed by atoms with Gasteiger partial charge >= 0.3 is 0 Å². The van der Waals surface area contributed by atoms with Crippen LogP contribution in [0.3, 0.4) is 0 Å². The van der Waals surface area contributed by atoms with Crippen molar-refractivity contribution in [1.82, 2.24) is 0 Å². The van der Waals surface area contributed by atoms with Gasteiger partial charge in [-0.3, -0.25) is 0 Å². The van der Waals surface area contributed by atoms with Crippen LogP contribution in [0.4, 0.5) is 8.78 Å². The number of thiol groups is 1. The monoisotopic (exact) mass is 169 g/mol. The summed E-state index contributed by atoms with van der Waals surface area (Å²) in [5, 5.41) is 0. The van der Waals surface area contributed by atoms with E-state index in [9.17, 15) is 8.78 Å². The first-order chi connectivity index (χ1) is 4.22. The topological polar surface area (TPSA) is 0 Å². The quantitative estimate of drug-likeness (QED) is 0.445. The molecule has 1 radical (unpaired) electrons. The fraction of sp³-hybridized carbons (Fsp3) is 0. The summed E-state index contributed by atoms with van der Waals surface area (Å²) in [6, 6.07) is 3.61. The van der Waals surface area contributed by atoms with Crippen LogP contribution in [0.15, 0.2) is 23.1 Å². The average Bonchev–Trinajstić information content (AvgIpc) is 1.83. The molecule has 1 aromatic rings. The number of hydrogen-bond acceptors (Lipinski definition) is 1. The maximum atomic E-state index is 12.3. The van der Waals surface area contributed by atoms with Gasteiger partial charge in [-0.05, 0) is 12.1 Å². The molecular formula is C6H4F2NaS. The minimum atomic E-state index is -0.627. The van der Waals surface area contributed by atoms with Crippen molar-refractivity contribution in [2.75, 3.05) is 0 Å². The molecule has 0 aliphatic carbocycles. The van der Waals surface area contributed by atoms with E-state index in [0.29, 0.717) is 0 Å². The number of benzene rings is 1. The smallest absolute Gasteiger partial charge is 0.139 e. The van der Waals surface area contributed by atoms with Crippen LogP contribution < -0.4 is 0 Å². The van der Waals surface area contributed by atoms with E-state index in [4.69, 9.17) is 0 Å². The van der Waals surface area contributed by atoms with E-state index >= 15 is 0 Å². The molecule has 0 heterocycles. The molecule has 0 bridgehead atoms. The van der Waals surface area contributed by atoms with Gasteiger partial charge in [0, 0.05) is 29.6 Å². The Labute approximate surface area is 85.3 Å². The van der Waals surface area contributed by atoms with E-state index in [2.05, 4.69) is 12.6 Å². The predicted molar refractivity (Wildman–Crippen MR) is 39.4 cm³/mol. The van der Waals surface area contributed by atoms with E-state index in [1.165, 1.54) is 6.07 Å². The number of rotatable bonds is 0. The third kappa shape index (κ3) is 2.23. The molecule has 0 nitrogen and oxygen atoms in total.